The SMILES string of the molecule is CNC1COCC1C(=O)Nc1nc2ccccc2s1. The zero-order valence-electron chi connectivity index (χ0n) is 10.6. The number of hydrogen-bond acceptors (Lipinski definition) is 5. The summed E-state index contributed by atoms with van der Waals surface area (Å²) in [6.45, 7) is 1.04. The summed E-state index contributed by atoms with van der Waals surface area (Å²) in [6.07, 6.45) is 0. The molecule has 0 aliphatic carbocycles. The highest BCUT2D eigenvalue weighted by atomic mass is 32.1. The summed E-state index contributed by atoms with van der Waals surface area (Å²) < 4.78 is 6.41. The topological polar surface area (TPSA) is 63.2 Å². The van der Waals surface area contributed by atoms with Gasteiger partial charge in [-0.05, 0) is 19.2 Å². The molecule has 1 amide bonds. The number of ether oxygens (including phenoxy) is 1. The van der Waals surface area contributed by atoms with E-state index in [9.17, 15) is 4.79 Å². The molecule has 1 aliphatic rings. The van der Waals surface area contributed by atoms with Gasteiger partial charge in [0.25, 0.3) is 0 Å². The van der Waals surface area contributed by atoms with Crippen molar-refractivity contribution >= 4 is 32.6 Å². The second kappa shape index (κ2) is 5.24. The minimum Gasteiger partial charge on any atom is -0.379 e. The molecular weight excluding hydrogens is 262 g/mol. The lowest BCUT2D eigenvalue weighted by molar-refractivity contribution is -0.120. The predicted octanol–water partition coefficient (Wildman–Crippen LogP) is 1.47. The number of rotatable bonds is 3. The fraction of sp³-hybridized carbons (Fsp3) is 0.385. The second-order valence-electron chi connectivity index (χ2n) is 4.52. The Hall–Kier alpha value is -1.50. The number of carbonyl (C=O) groups is 1. The summed E-state index contributed by atoms with van der Waals surface area (Å²) >= 11 is 1.49. The van der Waals surface area contributed by atoms with Crippen molar-refractivity contribution < 1.29 is 9.53 Å². The normalized spacial score (nSPS) is 22.8. The van der Waals surface area contributed by atoms with Crippen molar-refractivity contribution in [3.63, 3.8) is 0 Å². The number of anilines is 1. The van der Waals surface area contributed by atoms with Crippen LogP contribution < -0.4 is 10.6 Å². The van der Waals surface area contributed by atoms with Crippen LogP contribution in [0.1, 0.15) is 0 Å². The van der Waals surface area contributed by atoms with Crippen molar-refractivity contribution in [2.45, 2.75) is 6.04 Å². The van der Waals surface area contributed by atoms with Gasteiger partial charge in [-0.25, -0.2) is 4.98 Å². The molecule has 0 spiro atoms. The van der Waals surface area contributed by atoms with E-state index in [4.69, 9.17) is 4.74 Å². The fourth-order valence-corrected chi connectivity index (χ4v) is 3.09. The van der Waals surface area contributed by atoms with Crippen LogP contribution in [0.15, 0.2) is 24.3 Å². The first kappa shape index (κ1) is 12.5. The summed E-state index contributed by atoms with van der Waals surface area (Å²) in [5.41, 5.74) is 0.913. The summed E-state index contributed by atoms with van der Waals surface area (Å²) in [5.74, 6) is -0.187. The Kier molecular flexibility index (Phi) is 3.46. The van der Waals surface area contributed by atoms with Gasteiger partial charge in [0.2, 0.25) is 5.91 Å². The van der Waals surface area contributed by atoms with Gasteiger partial charge in [-0.3, -0.25) is 4.79 Å². The maximum absolute atomic E-state index is 12.2. The molecule has 2 aromatic rings. The van der Waals surface area contributed by atoms with Gasteiger partial charge < -0.3 is 15.4 Å². The molecule has 1 aromatic carbocycles. The van der Waals surface area contributed by atoms with Crippen LogP contribution in [0.5, 0.6) is 0 Å². The Bertz CT molecular complexity index is 565. The number of nitrogens with one attached hydrogen (secondary N) is 2. The van der Waals surface area contributed by atoms with Gasteiger partial charge in [-0.2, -0.15) is 0 Å². The molecule has 2 heterocycles. The quantitative estimate of drug-likeness (QED) is 0.892. The van der Waals surface area contributed by atoms with Crippen molar-refractivity contribution in [1.82, 2.24) is 10.3 Å². The zero-order valence-corrected chi connectivity index (χ0v) is 11.4. The first-order chi connectivity index (χ1) is 9.28. The Morgan fingerprint density at radius 1 is 1.42 bits per heavy atom. The van der Waals surface area contributed by atoms with Gasteiger partial charge in [-0.15, -0.1) is 0 Å². The number of benzene rings is 1. The van der Waals surface area contributed by atoms with Gasteiger partial charge in [0.05, 0.1) is 29.3 Å². The molecule has 1 aromatic heterocycles. The molecule has 0 saturated carbocycles. The summed E-state index contributed by atoms with van der Waals surface area (Å²) in [6, 6.07) is 7.92. The highest BCUT2D eigenvalue weighted by Crippen LogP contribution is 2.26. The Morgan fingerprint density at radius 3 is 3.05 bits per heavy atom. The number of hydrogen-bond donors (Lipinski definition) is 2. The summed E-state index contributed by atoms with van der Waals surface area (Å²) in [5, 5.41) is 6.64. The van der Waals surface area contributed by atoms with Crippen molar-refractivity contribution in [3.05, 3.63) is 24.3 Å². The van der Waals surface area contributed by atoms with Crippen LogP contribution in [0.4, 0.5) is 5.13 Å². The van der Waals surface area contributed by atoms with E-state index < -0.39 is 0 Å². The first-order valence-corrected chi connectivity index (χ1v) is 7.01. The van der Waals surface area contributed by atoms with Crippen LogP contribution in [0, 0.1) is 5.92 Å². The minimum absolute atomic E-state index is 0.0316. The molecule has 1 fully saturated rings. The van der Waals surface area contributed by atoms with Gasteiger partial charge in [0, 0.05) is 6.04 Å². The molecule has 5 nitrogen and oxygen atoms in total. The lowest BCUT2D eigenvalue weighted by atomic mass is 10.0. The Balaban J connectivity index is 1.75. The van der Waals surface area contributed by atoms with E-state index in [0.717, 1.165) is 10.2 Å². The molecule has 0 radical (unpaired) electrons. The molecule has 2 N–H and O–H groups in total. The maximum atomic E-state index is 12.2. The third kappa shape index (κ3) is 2.47. The van der Waals surface area contributed by atoms with Crippen LogP contribution in [-0.2, 0) is 9.53 Å². The number of amides is 1. The maximum Gasteiger partial charge on any atom is 0.233 e. The average molecular weight is 277 g/mol. The number of aromatic nitrogens is 1. The van der Waals surface area contributed by atoms with Gasteiger partial charge >= 0.3 is 0 Å². The molecule has 1 saturated heterocycles. The molecule has 2 atom stereocenters. The molecule has 2 unspecified atom stereocenters. The molecule has 6 heteroatoms. The van der Waals surface area contributed by atoms with E-state index in [2.05, 4.69) is 15.6 Å². The van der Waals surface area contributed by atoms with Crippen molar-refractivity contribution in [2.24, 2.45) is 5.92 Å². The number of fused-ring (bicyclic) bond motifs is 1. The average Bonchev–Trinajstić information content (AvgIpc) is 3.03. The van der Waals surface area contributed by atoms with E-state index in [-0.39, 0.29) is 17.9 Å². The van der Waals surface area contributed by atoms with Gasteiger partial charge in [0.15, 0.2) is 5.13 Å². The second-order valence-corrected chi connectivity index (χ2v) is 5.55. The molecule has 100 valence electrons. The molecule has 3 rings (SSSR count). The van der Waals surface area contributed by atoms with Crippen molar-refractivity contribution in [1.29, 1.82) is 0 Å². The monoisotopic (exact) mass is 277 g/mol. The van der Waals surface area contributed by atoms with E-state index >= 15 is 0 Å². The summed E-state index contributed by atoms with van der Waals surface area (Å²) in [7, 11) is 1.84. The highest BCUT2D eigenvalue weighted by Gasteiger charge is 2.33. The van der Waals surface area contributed by atoms with Crippen molar-refractivity contribution in [2.75, 3.05) is 25.6 Å². The van der Waals surface area contributed by atoms with Gasteiger partial charge in [-0.1, -0.05) is 23.5 Å². The van der Waals surface area contributed by atoms with Crippen LogP contribution >= 0.6 is 11.3 Å². The third-order valence-corrected chi connectivity index (χ3v) is 4.26. The minimum atomic E-state index is -0.156. The highest BCUT2D eigenvalue weighted by molar-refractivity contribution is 7.22. The van der Waals surface area contributed by atoms with Crippen LogP contribution in [-0.4, -0.2) is 37.2 Å². The molecular formula is C13H15N3O2S. The standard InChI is InChI=1S/C13H15N3O2S/c1-14-10-7-18-6-8(10)12(17)16-13-15-9-4-2-3-5-11(9)19-13/h2-5,8,10,14H,6-7H2,1H3,(H,15,16,17). The van der Waals surface area contributed by atoms with E-state index in [1.165, 1.54) is 11.3 Å². The zero-order chi connectivity index (χ0) is 13.2. The Labute approximate surface area is 115 Å². The molecule has 19 heavy (non-hydrogen) atoms. The largest absolute Gasteiger partial charge is 0.379 e. The van der Waals surface area contributed by atoms with Gasteiger partial charge in [0.1, 0.15) is 0 Å². The number of para-hydroxylation sites is 1. The van der Waals surface area contributed by atoms with Crippen LogP contribution in [0.2, 0.25) is 0 Å². The van der Waals surface area contributed by atoms with Crippen molar-refractivity contribution in [3.8, 4) is 0 Å². The number of likely N-dealkylation sites (N-methyl/N-ethyl adjacent to an activating group) is 1. The Morgan fingerprint density at radius 2 is 2.26 bits per heavy atom. The lowest BCUT2D eigenvalue weighted by Gasteiger charge is -2.15. The van der Waals surface area contributed by atoms with Crippen LogP contribution in [0.3, 0.4) is 0 Å². The van der Waals surface area contributed by atoms with E-state index in [1.807, 2.05) is 31.3 Å². The van der Waals surface area contributed by atoms with E-state index in [0.29, 0.717) is 18.3 Å². The number of carbonyl (C=O) groups excluding carboxylic acids is 1. The summed E-state index contributed by atoms with van der Waals surface area (Å²) in [4.78, 5) is 16.6. The van der Waals surface area contributed by atoms with Crippen LogP contribution in [0.25, 0.3) is 10.2 Å². The first-order valence-electron chi connectivity index (χ1n) is 6.19. The lowest BCUT2D eigenvalue weighted by Crippen LogP contribution is -2.39. The molecule has 0 bridgehead atoms. The third-order valence-electron chi connectivity index (χ3n) is 3.31. The fourth-order valence-electron chi connectivity index (χ4n) is 2.22. The predicted molar refractivity (Wildman–Crippen MR) is 75.4 cm³/mol. The molecule has 1 aliphatic heterocycles. The number of thiazole rings is 1. The number of nitrogens with zero attached hydrogens (tertiary/aromatic N) is 1. The van der Waals surface area contributed by atoms with E-state index in [1.54, 1.807) is 0 Å². The smallest absolute Gasteiger partial charge is 0.233 e.